The summed E-state index contributed by atoms with van der Waals surface area (Å²) in [5, 5.41) is 11.9. The molecule has 0 aromatic heterocycles. The largest absolute Gasteiger partial charge is 0.316 e. The molecule has 0 saturated carbocycles. The van der Waals surface area contributed by atoms with Gasteiger partial charge < -0.3 is 5.32 Å². The topological polar surface area (TPSA) is 35.8 Å². The first kappa shape index (κ1) is 15.1. The van der Waals surface area contributed by atoms with Crippen molar-refractivity contribution in [3.8, 4) is 6.07 Å². The van der Waals surface area contributed by atoms with Crippen LogP contribution in [0.3, 0.4) is 0 Å². The van der Waals surface area contributed by atoms with Crippen molar-refractivity contribution >= 4 is 11.8 Å². The van der Waals surface area contributed by atoms with E-state index in [1.807, 2.05) is 0 Å². The lowest BCUT2D eigenvalue weighted by Gasteiger charge is -2.26. The maximum absolute atomic E-state index is 8.47. The minimum atomic E-state index is 0.129. The van der Waals surface area contributed by atoms with Gasteiger partial charge in [-0.25, -0.2) is 0 Å². The van der Waals surface area contributed by atoms with Gasteiger partial charge in [0.2, 0.25) is 0 Å². The van der Waals surface area contributed by atoms with Crippen molar-refractivity contribution in [3.05, 3.63) is 29.8 Å². The molecule has 0 aliphatic carbocycles. The van der Waals surface area contributed by atoms with Crippen LogP contribution in [0.25, 0.3) is 0 Å². The molecule has 1 aromatic carbocycles. The second-order valence-corrected chi connectivity index (χ2v) is 5.93. The van der Waals surface area contributed by atoms with Gasteiger partial charge in [0, 0.05) is 23.3 Å². The van der Waals surface area contributed by atoms with Crippen molar-refractivity contribution in [2.24, 2.45) is 0 Å². The predicted octanol–water partition coefficient (Wildman–Crippen LogP) is 3.58. The standard InChI is InChI=1S/C15H22N2S/c1-15(2,12-17-11-5-4-10-16)13-6-8-14(18-3)9-7-13/h6-9,17H,4-5,11-12H2,1-3H3. The van der Waals surface area contributed by atoms with Gasteiger partial charge in [0.15, 0.2) is 0 Å². The van der Waals surface area contributed by atoms with Crippen molar-refractivity contribution in [1.82, 2.24) is 5.32 Å². The number of hydrogen-bond donors (Lipinski definition) is 1. The molecule has 0 radical (unpaired) electrons. The van der Waals surface area contributed by atoms with Crippen LogP contribution < -0.4 is 5.32 Å². The summed E-state index contributed by atoms with van der Waals surface area (Å²) in [5.74, 6) is 0. The van der Waals surface area contributed by atoms with Crippen LogP contribution in [0.2, 0.25) is 0 Å². The fourth-order valence-electron chi connectivity index (χ4n) is 1.84. The average Bonchev–Trinajstić information content (AvgIpc) is 2.38. The van der Waals surface area contributed by atoms with Gasteiger partial charge in [-0.3, -0.25) is 0 Å². The molecular formula is C15H22N2S. The highest BCUT2D eigenvalue weighted by Gasteiger charge is 2.19. The summed E-state index contributed by atoms with van der Waals surface area (Å²) < 4.78 is 0. The summed E-state index contributed by atoms with van der Waals surface area (Å²) >= 11 is 1.77. The van der Waals surface area contributed by atoms with E-state index in [2.05, 4.69) is 55.8 Å². The van der Waals surface area contributed by atoms with Gasteiger partial charge in [0.05, 0.1) is 6.07 Å². The van der Waals surface area contributed by atoms with Crippen molar-refractivity contribution < 1.29 is 0 Å². The van der Waals surface area contributed by atoms with E-state index in [4.69, 9.17) is 5.26 Å². The minimum Gasteiger partial charge on any atom is -0.316 e. The molecule has 1 N–H and O–H groups in total. The molecule has 0 bridgehead atoms. The molecule has 0 fully saturated rings. The molecular weight excluding hydrogens is 240 g/mol. The van der Waals surface area contributed by atoms with Gasteiger partial charge in [-0.05, 0) is 36.9 Å². The van der Waals surface area contributed by atoms with E-state index >= 15 is 0 Å². The third kappa shape index (κ3) is 4.72. The van der Waals surface area contributed by atoms with Crippen LogP contribution in [0.15, 0.2) is 29.2 Å². The number of nitrogens with one attached hydrogen (secondary N) is 1. The first-order valence-electron chi connectivity index (χ1n) is 6.32. The highest BCUT2D eigenvalue weighted by molar-refractivity contribution is 7.98. The first-order chi connectivity index (χ1) is 8.60. The molecule has 98 valence electrons. The van der Waals surface area contributed by atoms with Crippen LogP contribution in [-0.4, -0.2) is 19.3 Å². The molecule has 0 unspecified atom stereocenters. The maximum Gasteiger partial charge on any atom is 0.0622 e. The summed E-state index contributed by atoms with van der Waals surface area (Å²) in [4.78, 5) is 1.30. The molecule has 0 atom stereocenters. The molecule has 0 aliphatic heterocycles. The van der Waals surface area contributed by atoms with Crippen LogP contribution in [0, 0.1) is 11.3 Å². The molecule has 0 amide bonds. The van der Waals surface area contributed by atoms with Crippen LogP contribution in [0.1, 0.15) is 32.3 Å². The lowest BCUT2D eigenvalue weighted by Crippen LogP contribution is -2.33. The van der Waals surface area contributed by atoms with Crippen LogP contribution in [0.5, 0.6) is 0 Å². The summed E-state index contributed by atoms with van der Waals surface area (Å²) in [7, 11) is 0. The number of rotatable bonds is 7. The summed E-state index contributed by atoms with van der Waals surface area (Å²) in [6.45, 7) is 6.35. The number of thioether (sulfide) groups is 1. The lowest BCUT2D eigenvalue weighted by atomic mass is 9.84. The zero-order chi connectivity index (χ0) is 13.4. The fourth-order valence-corrected chi connectivity index (χ4v) is 2.25. The third-order valence-electron chi connectivity index (χ3n) is 3.08. The monoisotopic (exact) mass is 262 g/mol. The maximum atomic E-state index is 8.47. The summed E-state index contributed by atoms with van der Waals surface area (Å²) in [5.41, 5.74) is 1.48. The summed E-state index contributed by atoms with van der Waals surface area (Å²) in [6.07, 6.45) is 3.66. The van der Waals surface area contributed by atoms with Gasteiger partial charge in [-0.1, -0.05) is 26.0 Å². The fraction of sp³-hybridized carbons (Fsp3) is 0.533. The molecule has 18 heavy (non-hydrogen) atoms. The Bertz CT molecular complexity index is 390. The van der Waals surface area contributed by atoms with Gasteiger partial charge in [0.25, 0.3) is 0 Å². The number of benzene rings is 1. The van der Waals surface area contributed by atoms with Crippen molar-refractivity contribution in [2.45, 2.75) is 37.0 Å². The molecule has 0 heterocycles. The van der Waals surface area contributed by atoms with E-state index in [1.54, 1.807) is 11.8 Å². The zero-order valence-electron chi connectivity index (χ0n) is 11.5. The normalized spacial score (nSPS) is 11.2. The van der Waals surface area contributed by atoms with E-state index in [-0.39, 0.29) is 5.41 Å². The number of nitrogens with zero attached hydrogens (tertiary/aromatic N) is 1. The van der Waals surface area contributed by atoms with E-state index in [9.17, 15) is 0 Å². The Kier molecular flexibility index (Phi) is 6.24. The van der Waals surface area contributed by atoms with Gasteiger partial charge in [0.1, 0.15) is 0 Å². The number of unbranched alkanes of at least 4 members (excludes halogenated alkanes) is 1. The number of nitriles is 1. The Balaban J connectivity index is 2.48. The first-order valence-corrected chi connectivity index (χ1v) is 7.55. The Morgan fingerprint density at radius 2 is 1.94 bits per heavy atom. The SMILES string of the molecule is CSc1ccc(C(C)(C)CNCCCC#N)cc1. The highest BCUT2D eigenvalue weighted by atomic mass is 32.2. The molecule has 1 aromatic rings. The van der Waals surface area contributed by atoms with Gasteiger partial charge in [-0.2, -0.15) is 5.26 Å². The lowest BCUT2D eigenvalue weighted by molar-refractivity contribution is 0.467. The molecule has 3 heteroatoms. The third-order valence-corrected chi connectivity index (χ3v) is 3.82. The summed E-state index contributed by atoms with van der Waals surface area (Å²) in [6, 6.07) is 10.9. The Morgan fingerprint density at radius 3 is 2.50 bits per heavy atom. The van der Waals surface area contributed by atoms with Crippen molar-refractivity contribution in [2.75, 3.05) is 19.3 Å². The average molecular weight is 262 g/mol. The Labute approximate surface area is 115 Å². The molecule has 0 saturated heterocycles. The van der Waals surface area contributed by atoms with E-state index in [0.717, 1.165) is 19.5 Å². The van der Waals surface area contributed by atoms with Gasteiger partial charge >= 0.3 is 0 Å². The quantitative estimate of drug-likeness (QED) is 0.602. The highest BCUT2D eigenvalue weighted by Crippen LogP contribution is 2.24. The Morgan fingerprint density at radius 1 is 1.28 bits per heavy atom. The van der Waals surface area contributed by atoms with Crippen LogP contribution >= 0.6 is 11.8 Å². The molecule has 1 rings (SSSR count). The molecule has 0 aliphatic rings. The smallest absolute Gasteiger partial charge is 0.0622 e. The Hall–Kier alpha value is -0.980. The second kappa shape index (κ2) is 7.45. The molecule has 0 spiro atoms. The predicted molar refractivity (Wildman–Crippen MR) is 79.0 cm³/mol. The van der Waals surface area contributed by atoms with Crippen LogP contribution in [0.4, 0.5) is 0 Å². The minimum absolute atomic E-state index is 0.129. The zero-order valence-corrected chi connectivity index (χ0v) is 12.3. The van der Waals surface area contributed by atoms with Gasteiger partial charge in [-0.15, -0.1) is 11.8 Å². The second-order valence-electron chi connectivity index (χ2n) is 5.05. The van der Waals surface area contributed by atoms with E-state index < -0.39 is 0 Å². The van der Waals surface area contributed by atoms with E-state index in [0.29, 0.717) is 6.42 Å². The van der Waals surface area contributed by atoms with E-state index in [1.165, 1.54) is 10.5 Å². The van der Waals surface area contributed by atoms with Crippen LogP contribution in [-0.2, 0) is 5.41 Å². The van der Waals surface area contributed by atoms with Crippen molar-refractivity contribution in [1.29, 1.82) is 5.26 Å². The number of hydrogen-bond acceptors (Lipinski definition) is 3. The van der Waals surface area contributed by atoms with Crippen molar-refractivity contribution in [3.63, 3.8) is 0 Å². The molecule has 2 nitrogen and oxygen atoms in total.